The highest BCUT2D eigenvalue weighted by atomic mass is 19.1. The second kappa shape index (κ2) is 3.20. The molecule has 1 fully saturated rings. The third-order valence-electron chi connectivity index (χ3n) is 3.51. The Morgan fingerprint density at radius 3 is 2.53 bits per heavy atom. The molecule has 0 radical (unpaired) electrons. The average molecular weight is 209 g/mol. The summed E-state index contributed by atoms with van der Waals surface area (Å²) in [6, 6.07) is 3.45. The molecule has 1 aliphatic rings. The summed E-state index contributed by atoms with van der Waals surface area (Å²) in [5, 5.41) is 9.77. The fourth-order valence-corrected chi connectivity index (χ4v) is 2.17. The Kier molecular flexibility index (Phi) is 2.23. The van der Waals surface area contributed by atoms with Crippen LogP contribution < -0.4 is 5.73 Å². The Bertz CT molecular complexity index is 397. The van der Waals surface area contributed by atoms with E-state index in [1.165, 1.54) is 0 Å². The molecule has 1 aromatic carbocycles. The Morgan fingerprint density at radius 2 is 2.07 bits per heavy atom. The van der Waals surface area contributed by atoms with Crippen LogP contribution in [0.1, 0.15) is 30.9 Å². The van der Waals surface area contributed by atoms with Crippen molar-refractivity contribution in [2.45, 2.75) is 38.1 Å². The molecule has 0 heterocycles. The first kappa shape index (κ1) is 10.4. The summed E-state index contributed by atoms with van der Waals surface area (Å²) >= 11 is 0. The van der Waals surface area contributed by atoms with Crippen molar-refractivity contribution in [2.75, 3.05) is 0 Å². The van der Waals surface area contributed by atoms with Gasteiger partial charge < -0.3 is 10.8 Å². The van der Waals surface area contributed by atoms with Gasteiger partial charge in [0.15, 0.2) is 11.6 Å². The standard InChI is InChI=1S/C12H16FNO/c1-7-3-4-9(11(15)10(7)13)12(5-6-12)8(2)14/h3-4,8,15H,5-6,14H2,1-2H3. The van der Waals surface area contributed by atoms with Gasteiger partial charge in [-0.05, 0) is 32.3 Å². The fourth-order valence-electron chi connectivity index (χ4n) is 2.17. The predicted molar refractivity (Wildman–Crippen MR) is 57.4 cm³/mol. The zero-order valence-electron chi connectivity index (χ0n) is 9.05. The first-order valence-corrected chi connectivity index (χ1v) is 5.23. The minimum atomic E-state index is -0.514. The monoisotopic (exact) mass is 209 g/mol. The maximum atomic E-state index is 13.5. The molecule has 3 N–H and O–H groups in total. The first-order valence-electron chi connectivity index (χ1n) is 5.23. The van der Waals surface area contributed by atoms with Crippen LogP contribution in [0.15, 0.2) is 12.1 Å². The lowest BCUT2D eigenvalue weighted by molar-refractivity contribution is 0.408. The van der Waals surface area contributed by atoms with Gasteiger partial charge in [-0.2, -0.15) is 0 Å². The molecule has 1 atom stereocenters. The van der Waals surface area contributed by atoms with Crippen molar-refractivity contribution >= 4 is 0 Å². The molecule has 1 aliphatic carbocycles. The summed E-state index contributed by atoms with van der Waals surface area (Å²) in [5.74, 6) is -0.732. The van der Waals surface area contributed by atoms with Crippen molar-refractivity contribution in [2.24, 2.45) is 5.73 Å². The summed E-state index contributed by atoms with van der Waals surface area (Å²) < 4.78 is 13.5. The number of halogens is 1. The third-order valence-corrected chi connectivity index (χ3v) is 3.51. The Labute approximate surface area is 88.9 Å². The molecule has 82 valence electrons. The zero-order chi connectivity index (χ0) is 11.2. The summed E-state index contributed by atoms with van der Waals surface area (Å²) in [6.07, 6.45) is 1.86. The molecule has 1 aromatic rings. The van der Waals surface area contributed by atoms with Crippen LogP contribution in [0.2, 0.25) is 0 Å². The van der Waals surface area contributed by atoms with Gasteiger partial charge in [-0.1, -0.05) is 12.1 Å². The van der Waals surface area contributed by atoms with Gasteiger partial charge in [0.2, 0.25) is 0 Å². The first-order chi connectivity index (χ1) is 6.99. The molecule has 0 amide bonds. The van der Waals surface area contributed by atoms with E-state index in [0.29, 0.717) is 11.1 Å². The minimum absolute atomic E-state index is 0.0505. The maximum absolute atomic E-state index is 13.5. The highest BCUT2D eigenvalue weighted by Gasteiger charge is 2.49. The number of phenols is 1. The molecule has 15 heavy (non-hydrogen) atoms. The number of benzene rings is 1. The molecule has 2 rings (SSSR count). The lowest BCUT2D eigenvalue weighted by Crippen LogP contribution is -2.31. The van der Waals surface area contributed by atoms with Gasteiger partial charge >= 0.3 is 0 Å². The second-order valence-corrected chi connectivity index (χ2v) is 4.54. The van der Waals surface area contributed by atoms with E-state index >= 15 is 0 Å². The van der Waals surface area contributed by atoms with Crippen LogP contribution in [0.25, 0.3) is 0 Å². The molecule has 0 bridgehead atoms. The van der Waals surface area contributed by atoms with Gasteiger partial charge in [-0.25, -0.2) is 4.39 Å². The van der Waals surface area contributed by atoms with E-state index in [-0.39, 0.29) is 17.2 Å². The van der Waals surface area contributed by atoms with Crippen LogP contribution in [0, 0.1) is 12.7 Å². The van der Waals surface area contributed by atoms with Crippen molar-refractivity contribution in [1.82, 2.24) is 0 Å². The summed E-state index contributed by atoms with van der Waals surface area (Å²) in [7, 11) is 0. The van der Waals surface area contributed by atoms with Crippen molar-refractivity contribution in [3.05, 3.63) is 29.1 Å². The molecule has 0 saturated heterocycles. The average Bonchev–Trinajstić information content (AvgIpc) is 2.95. The lowest BCUT2D eigenvalue weighted by atomic mass is 9.88. The number of hydrogen-bond donors (Lipinski definition) is 2. The molecule has 0 aliphatic heterocycles. The summed E-state index contributed by atoms with van der Waals surface area (Å²) in [6.45, 7) is 3.55. The Morgan fingerprint density at radius 1 is 1.47 bits per heavy atom. The number of aryl methyl sites for hydroxylation is 1. The molecule has 0 spiro atoms. The molecule has 0 aromatic heterocycles. The number of aromatic hydroxyl groups is 1. The highest BCUT2D eigenvalue weighted by Crippen LogP contribution is 2.53. The van der Waals surface area contributed by atoms with Gasteiger partial charge in [0.1, 0.15) is 0 Å². The summed E-state index contributed by atoms with van der Waals surface area (Å²) in [4.78, 5) is 0. The van der Waals surface area contributed by atoms with E-state index in [9.17, 15) is 9.50 Å². The number of nitrogens with two attached hydrogens (primary N) is 1. The van der Waals surface area contributed by atoms with Crippen molar-refractivity contribution in [3.8, 4) is 5.75 Å². The zero-order valence-corrected chi connectivity index (χ0v) is 9.05. The maximum Gasteiger partial charge on any atom is 0.168 e. The van der Waals surface area contributed by atoms with E-state index in [1.54, 1.807) is 19.1 Å². The van der Waals surface area contributed by atoms with E-state index < -0.39 is 5.82 Å². The number of phenolic OH excluding ortho intramolecular Hbond substituents is 1. The van der Waals surface area contributed by atoms with Crippen LogP contribution in [-0.2, 0) is 5.41 Å². The van der Waals surface area contributed by atoms with Crippen LogP contribution in [0.5, 0.6) is 5.75 Å². The normalized spacial score (nSPS) is 20.0. The van der Waals surface area contributed by atoms with Crippen LogP contribution in [0.4, 0.5) is 4.39 Å². The molecular formula is C12H16FNO. The van der Waals surface area contributed by atoms with Gasteiger partial charge in [0.25, 0.3) is 0 Å². The minimum Gasteiger partial charge on any atom is -0.505 e. The fraction of sp³-hybridized carbons (Fsp3) is 0.500. The van der Waals surface area contributed by atoms with Gasteiger partial charge in [0.05, 0.1) is 0 Å². The Hall–Kier alpha value is -1.09. The van der Waals surface area contributed by atoms with Gasteiger partial charge in [-0.3, -0.25) is 0 Å². The van der Waals surface area contributed by atoms with Crippen molar-refractivity contribution in [3.63, 3.8) is 0 Å². The molecule has 2 nitrogen and oxygen atoms in total. The van der Waals surface area contributed by atoms with Crippen LogP contribution in [-0.4, -0.2) is 11.1 Å². The third kappa shape index (κ3) is 1.42. The van der Waals surface area contributed by atoms with E-state index in [2.05, 4.69) is 0 Å². The van der Waals surface area contributed by atoms with Gasteiger partial charge in [0, 0.05) is 17.0 Å². The van der Waals surface area contributed by atoms with E-state index in [1.807, 2.05) is 6.92 Å². The molecule has 1 saturated carbocycles. The van der Waals surface area contributed by atoms with Crippen LogP contribution >= 0.6 is 0 Å². The number of hydrogen-bond acceptors (Lipinski definition) is 2. The summed E-state index contributed by atoms with van der Waals surface area (Å²) in [5.41, 5.74) is 6.83. The van der Waals surface area contributed by atoms with Crippen molar-refractivity contribution < 1.29 is 9.50 Å². The highest BCUT2D eigenvalue weighted by molar-refractivity contribution is 5.46. The smallest absolute Gasteiger partial charge is 0.168 e. The largest absolute Gasteiger partial charge is 0.505 e. The van der Waals surface area contributed by atoms with Crippen molar-refractivity contribution in [1.29, 1.82) is 0 Å². The molecular weight excluding hydrogens is 193 g/mol. The SMILES string of the molecule is Cc1ccc(C2(C(C)N)CC2)c(O)c1F. The second-order valence-electron chi connectivity index (χ2n) is 4.54. The van der Waals surface area contributed by atoms with Crippen LogP contribution in [0.3, 0.4) is 0 Å². The van der Waals surface area contributed by atoms with Gasteiger partial charge in [-0.15, -0.1) is 0 Å². The Balaban J connectivity index is 2.51. The molecule has 3 heteroatoms. The van der Waals surface area contributed by atoms with E-state index in [0.717, 1.165) is 12.8 Å². The lowest BCUT2D eigenvalue weighted by Gasteiger charge is -2.21. The topological polar surface area (TPSA) is 46.2 Å². The predicted octanol–water partition coefficient (Wildman–Crippen LogP) is 2.22. The quantitative estimate of drug-likeness (QED) is 0.784. The number of rotatable bonds is 2. The molecule has 1 unspecified atom stereocenters. The van der Waals surface area contributed by atoms with E-state index in [4.69, 9.17) is 5.73 Å².